The summed E-state index contributed by atoms with van der Waals surface area (Å²) in [5.41, 5.74) is 0. The zero-order valence-corrected chi connectivity index (χ0v) is 12.7. The Morgan fingerprint density at radius 1 is 1.41 bits per heavy atom. The standard InChI is InChI=1S/C14H20INO/c1-11-7-8-16(9-11)12(2)10-17-14-5-3-13(15)4-6-14/h3-6,11-12H,7-10H2,1-2H3/t11-,12+/m0/s1. The molecule has 1 heterocycles. The molecule has 0 unspecified atom stereocenters. The van der Waals surface area contributed by atoms with Crippen LogP contribution in [0.5, 0.6) is 5.75 Å². The highest BCUT2D eigenvalue weighted by molar-refractivity contribution is 14.1. The summed E-state index contributed by atoms with van der Waals surface area (Å²) in [6.45, 7) is 7.81. The first-order chi connectivity index (χ1) is 8.15. The fourth-order valence-electron chi connectivity index (χ4n) is 2.22. The summed E-state index contributed by atoms with van der Waals surface area (Å²) < 4.78 is 7.07. The maximum absolute atomic E-state index is 5.83. The Kier molecular flexibility index (Phi) is 4.68. The first-order valence-corrected chi connectivity index (χ1v) is 7.35. The van der Waals surface area contributed by atoms with Crippen LogP contribution in [0.15, 0.2) is 24.3 Å². The molecule has 1 aliphatic rings. The minimum absolute atomic E-state index is 0.513. The lowest BCUT2D eigenvalue weighted by Crippen LogP contribution is -2.35. The molecule has 1 aliphatic heterocycles. The van der Waals surface area contributed by atoms with E-state index in [1.807, 2.05) is 12.1 Å². The lowest BCUT2D eigenvalue weighted by molar-refractivity contribution is 0.169. The molecule has 17 heavy (non-hydrogen) atoms. The van der Waals surface area contributed by atoms with E-state index in [1.54, 1.807) is 0 Å². The van der Waals surface area contributed by atoms with Crippen molar-refractivity contribution in [3.05, 3.63) is 27.8 Å². The lowest BCUT2D eigenvalue weighted by atomic mass is 10.2. The number of nitrogens with zero attached hydrogens (tertiary/aromatic N) is 1. The van der Waals surface area contributed by atoms with Gasteiger partial charge in [-0.2, -0.15) is 0 Å². The molecule has 2 atom stereocenters. The van der Waals surface area contributed by atoms with E-state index in [4.69, 9.17) is 4.74 Å². The Hall–Kier alpha value is -0.290. The van der Waals surface area contributed by atoms with Gasteiger partial charge in [-0.3, -0.25) is 4.90 Å². The van der Waals surface area contributed by atoms with Gasteiger partial charge in [0, 0.05) is 16.2 Å². The van der Waals surface area contributed by atoms with E-state index < -0.39 is 0 Å². The van der Waals surface area contributed by atoms with Crippen molar-refractivity contribution in [1.29, 1.82) is 0 Å². The van der Waals surface area contributed by atoms with Crippen LogP contribution in [0.25, 0.3) is 0 Å². The van der Waals surface area contributed by atoms with Gasteiger partial charge in [-0.05, 0) is 72.7 Å². The van der Waals surface area contributed by atoms with E-state index in [-0.39, 0.29) is 0 Å². The Balaban J connectivity index is 1.79. The van der Waals surface area contributed by atoms with Crippen LogP contribution < -0.4 is 4.74 Å². The highest BCUT2D eigenvalue weighted by Gasteiger charge is 2.23. The summed E-state index contributed by atoms with van der Waals surface area (Å²) >= 11 is 2.31. The number of hydrogen-bond acceptors (Lipinski definition) is 2. The van der Waals surface area contributed by atoms with Gasteiger partial charge in [0.15, 0.2) is 0 Å². The Bertz CT molecular complexity index is 352. The molecule has 2 rings (SSSR count). The van der Waals surface area contributed by atoms with Crippen LogP contribution in [0.3, 0.4) is 0 Å². The molecule has 0 N–H and O–H groups in total. The third kappa shape index (κ3) is 3.85. The smallest absolute Gasteiger partial charge is 0.119 e. The van der Waals surface area contributed by atoms with Crippen LogP contribution >= 0.6 is 22.6 Å². The zero-order chi connectivity index (χ0) is 12.3. The van der Waals surface area contributed by atoms with Crippen LogP contribution in [0, 0.1) is 9.49 Å². The van der Waals surface area contributed by atoms with Gasteiger partial charge >= 0.3 is 0 Å². The van der Waals surface area contributed by atoms with Crippen molar-refractivity contribution < 1.29 is 4.74 Å². The molecule has 0 aliphatic carbocycles. The molecule has 3 heteroatoms. The van der Waals surface area contributed by atoms with Gasteiger partial charge in [0.25, 0.3) is 0 Å². The van der Waals surface area contributed by atoms with Crippen molar-refractivity contribution >= 4 is 22.6 Å². The van der Waals surface area contributed by atoms with Gasteiger partial charge in [0.05, 0.1) is 0 Å². The summed E-state index contributed by atoms with van der Waals surface area (Å²) in [5.74, 6) is 1.82. The number of likely N-dealkylation sites (tertiary alicyclic amines) is 1. The molecular formula is C14H20INO. The summed E-state index contributed by atoms with van der Waals surface area (Å²) in [4.78, 5) is 2.53. The average Bonchev–Trinajstić information content (AvgIpc) is 2.75. The number of ether oxygens (including phenoxy) is 1. The minimum atomic E-state index is 0.513. The van der Waals surface area contributed by atoms with Gasteiger partial charge in [0.1, 0.15) is 12.4 Å². The monoisotopic (exact) mass is 345 g/mol. The molecule has 0 radical (unpaired) electrons. The average molecular weight is 345 g/mol. The highest BCUT2D eigenvalue weighted by Crippen LogP contribution is 2.19. The second-order valence-corrected chi connectivity index (χ2v) is 6.25. The molecule has 2 nitrogen and oxygen atoms in total. The zero-order valence-electron chi connectivity index (χ0n) is 10.5. The number of hydrogen-bond donors (Lipinski definition) is 0. The largest absolute Gasteiger partial charge is 0.492 e. The second-order valence-electron chi connectivity index (χ2n) is 5.00. The first-order valence-electron chi connectivity index (χ1n) is 6.27. The Morgan fingerprint density at radius 2 is 2.12 bits per heavy atom. The summed E-state index contributed by atoms with van der Waals surface area (Å²) in [6, 6.07) is 8.76. The van der Waals surface area contributed by atoms with Gasteiger partial charge in [-0.1, -0.05) is 6.92 Å². The number of halogens is 1. The van der Waals surface area contributed by atoms with E-state index in [0.717, 1.165) is 18.3 Å². The normalized spacial score (nSPS) is 22.6. The fourth-order valence-corrected chi connectivity index (χ4v) is 2.58. The van der Waals surface area contributed by atoms with E-state index in [0.29, 0.717) is 6.04 Å². The van der Waals surface area contributed by atoms with Gasteiger partial charge in [-0.25, -0.2) is 0 Å². The molecule has 0 saturated carbocycles. The quantitative estimate of drug-likeness (QED) is 0.776. The Labute approximate surface area is 117 Å². The molecule has 94 valence electrons. The molecule has 1 aromatic carbocycles. The molecule has 1 aromatic rings. The highest BCUT2D eigenvalue weighted by atomic mass is 127. The van der Waals surface area contributed by atoms with Crippen LogP contribution in [0.2, 0.25) is 0 Å². The fraction of sp³-hybridized carbons (Fsp3) is 0.571. The van der Waals surface area contributed by atoms with Crippen molar-refractivity contribution in [1.82, 2.24) is 4.90 Å². The molecule has 0 amide bonds. The van der Waals surface area contributed by atoms with Crippen molar-refractivity contribution in [3.8, 4) is 5.75 Å². The van der Waals surface area contributed by atoms with Crippen LogP contribution in [0.1, 0.15) is 20.3 Å². The van der Waals surface area contributed by atoms with E-state index in [1.165, 1.54) is 23.1 Å². The molecule has 0 bridgehead atoms. The predicted octanol–water partition coefficient (Wildman–Crippen LogP) is 3.40. The lowest BCUT2D eigenvalue weighted by Gasteiger charge is -2.24. The number of benzene rings is 1. The van der Waals surface area contributed by atoms with Crippen molar-refractivity contribution in [2.45, 2.75) is 26.3 Å². The van der Waals surface area contributed by atoms with Gasteiger partial charge in [-0.15, -0.1) is 0 Å². The van der Waals surface area contributed by atoms with E-state index in [9.17, 15) is 0 Å². The summed E-state index contributed by atoms with van der Waals surface area (Å²) in [6.07, 6.45) is 1.33. The maximum Gasteiger partial charge on any atom is 0.119 e. The van der Waals surface area contributed by atoms with Crippen molar-refractivity contribution in [2.24, 2.45) is 5.92 Å². The molecule has 0 spiro atoms. The topological polar surface area (TPSA) is 12.5 Å². The van der Waals surface area contributed by atoms with Crippen LogP contribution in [0.4, 0.5) is 0 Å². The van der Waals surface area contributed by atoms with E-state index >= 15 is 0 Å². The van der Waals surface area contributed by atoms with E-state index in [2.05, 4.69) is 53.5 Å². The third-order valence-corrected chi connectivity index (χ3v) is 4.10. The summed E-state index contributed by atoms with van der Waals surface area (Å²) in [7, 11) is 0. The van der Waals surface area contributed by atoms with Gasteiger partial charge in [0.2, 0.25) is 0 Å². The maximum atomic E-state index is 5.83. The first kappa shape index (κ1) is 13.1. The molecule has 1 saturated heterocycles. The Morgan fingerprint density at radius 3 is 2.71 bits per heavy atom. The van der Waals surface area contributed by atoms with Gasteiger partial charge < -0.3 is 4.74 Å². The van der Waals surface area contributed by atoms with Crippen molar-refractivity contribution in [2.75, 3.05) is 19.7 Å². The molecule has 0 aromatic heterocycles. The predicted molar refractivity (Wildman–Crippen MR) is 79.5 cm³/mol. The summed E-state index contributed by atoms with van der Waals surface area (Å²) in [5, 5.41) is 0. The molecule has 1 fully saturated rings. The third-order valence-electron chi connectivity index (χ3n) is 3.38. The second kappa shape index (κ2) is 6.05. The molecular weight excluding hydrogens is 325 g/mol. The minimum Gasteiger partial charge on any atom is -0.492 e. The number of rotatable bonds is 4. The van der Waals surface area contributed by atoms with Crippen molar-refractivity contribution in [3.63, 3.8) is 0 Å². The van der Waals surface area contributed by atoms with Crippen LogP contribution in [-0.4, -0.2) is 30.6 Å². The SMILES string of the molecule is C[C@H]1CCN([C@H](C)COc2ccc(I)cc2)C1. The van der Waals surface area contributed by atoms with Crippen LogP contribution in [-0.2, 0) is 0 Å².